The number of hydrogen-bond donors (Lipinski definition) is 2. The zero-order chi connectivity index (χ0) is 10.4. The third-order valence-electron chi connectivity index (χ3n) is 1.49. The van der Waals surface area contributed by atoms with Crippen molar-refractivity contribution in [2.45, 2.75) is 4.90 Å². The molecule has 0 atom stereocenters. The zero-order valence-electron chi connectivity index (χ0n) is 7.93. The molecule has 2 N–H and O–H groups in total. The Morgan fingerprint density at radius 1 is 1.79 bits per heavy atom. The Hall–Kier alpha value is -1.01. The first-order valence-electron chi connectivity index (χ1n) is 4.21. The Labute approximate surface area is 86.5 Å². The van der Waals surface area contributed by atoms with Crippen molar-refractivity contribution in [3.8, 4) is 0 Å². The summed E-state index contributed by atoms with van der Waals surface area (Å²) in [5.74, 6) is 0.277. The van der Waals surface area contributed by atoms with Crippen molar-refractivity contribution in [3.05, 3.63) is 12.4 Å². The maximum Gasteiger partial charge on any atom is 0.230 e. The van der Waals surface area contributed by atoms with Gasteiger partial charge in [-0.05, 0) is 0 Å². The van der Waals surface area contributed by atoms with E-state index in [9.17, 15) is 4.79 Å². The van der Waals surface area contributed by atoms with Gasteiger partial charge in [0.15, 0.2) is 0 Å². The maximum absolute atomic E-state index is 11.1. The molecule has 0 bridgehead atoms. The van der Waals surface area contributed by atoms with Gasteiger partial charge in [-0.25, -0.2) is 0 Å². The minimum Gasteiger partial charge on any atom is -0.395 e. The van der Waals surface area contributed by atoms with E-state index in [0.29, 0.717) is 12.3 Å². The van der Waals surface area contributed by atoms with Crippen molar-refractivity contribution in [3.63, 3.8) is 0 Å². The van der Waals surface area contributed by atoms with Crippen LogP contribution in [-0.4, -0.2) is 39.7 Å². The van der Waals surface area contributed by atoms with Crippen LogP contribution >= 0.6 is 11.8 Å². The quantitative estimate of drug-likeness (QED) is 0.657. The summed E-state index contributed by atoms with van der Waals surface area (Å²) in [5.41, 5.74) is 0. The zero-order valence-corrected chi connectivity index (χ0v) is 8.75. The van der Waals surface area contributed by atoms with Crippen LogP contribution in [0, 0.1) is 0 Å². The van der Waals surface area contributed by atoms with Crippen molar-refractivity contribution in [2.75, 3.05) is 18.9 Å². The molecule has 1 heterocycles. The van der Waals surface area contributed by atoms with Gasteiger partial charge in [0, 0.05) is 24.7 Å². The van der Waals surface area contributed by atoms with Gasteiger partial charge in [0.25, 0.3) is 0 Å². The average molecular weight is 215 g/mol. The number of hydrogen-bond acceptors (Lipinski definition) is 4. The molecule has 0 aliphatic carbocycles. The Balaban J connectivity index is 2.23. The summed E-state index contributed by atoms with van der Waals surface area (Å²) < 4.78 is 1.69. The highest BCUT2D eigenvalue weighted by molar-refractivity contribution is 8.00. The molecule has 1 amide bonds. The van der Waals surface area contributed by atoms with Crippen molar-refractivity contribution < 1.29 is 9.90 Å². The topological polar surface area (TPSA) is 67.2 Å². The molecule has 1 aromatic rings. The summed E-state index contributed by atoms with van der Waals surface area (Å²) >= 11 is 1.42. The fourth-order valence-electron chi connectivity index (χ4n) is 0.869. The molecule has 0 aliphatic heterocycles. The molecular weight excluding hydrogens is 202 g/mol. The molecule has 0 aliphatic rings. The highest BCUT2D eigenvalue weighted by Gasteiger charge is 2.02. The summed E-state index contributed by atoms with van der Waals surface area (Å²) in [5, 5.41) is 15.0. The second-order valence-corrected chi connectivity index (χ2v) is 3.76. The van der Waals surface area contributed by atoms with E-state index in [1.165, 1.54) is 11.8 Å². The number of nitrogens with zero attached hydrogens (tertiary/aromatic N) is 2. The summed E-state index contributed by atoms with van der Waals surface area (Å²) in [6.07, 6.45) is 3.56. The molecule has 5 nitrogen and oxygen atoms in total. The number of amides is 1. The van der Waals surface area contributed by atoms with Crippen LogP contribution in [0.15, 0.2) is 17.3 Å². The molecule has 0 unspecified atom stereocenters. The van der Waals surface area contributed by atoms with E-state index in [-0.39, 0.29) is 12.5 Å². The SMILES string of the molecule is Cn1cc(SCC(=O)NCCO)cn1. The van der Waals surface area contributed by atoms with Gasteiger partial charge in [-0.2, -0.15) is 5.10 Å². The van der Waals surface area contributed by atoms with E-state index < -0.39 is 0 Å². The molecular formula is C8H13N3O2S. The van der Waals surface area contributed by atoms with Crippen molar-refractivity contribution in [2.24, 2.45) is 7.05 Å². The molecule has 78 valence electrons. The second-order valence-electron chi connectivity index (χ2n) is 2.71. The highest BCUT2D eigenvalue weighted by atomic mass is 32.2. The number of nitrogens with one attached hydrogen (secondary N) is 1. The minimum atomic E-state index is -0.0760. The molecule has 6 heteroatoms. The number of aliphatic hydroxyl groups is 1. The number of thioether (sulfide) groups is 1. The van der Waals surface area contributed by atoms with Crippen LogP contribution in [0.2, 0.25) is 0 Å². The molecule has 14 heavy (non-hydrogen) atoms. The van der Waals surface area contributed by atoms with Crippen molar-refractivity contribution in [1.29, 1.82) is 0 Å². The van der Waals surface area contributed by atoms with Gasteiger partial charge in [-0.3, -0.25) is 9.48 Å². The van der Waals surface area contributed by atoms with Gasteiger partial charge < -0.3 is 10.4 Å². The Morgan fingerprint density at radius 3 is 3.14 bits per heavy atom. The van der Waals surface area contributed by atoms with Crippen LogP contribution in [-0.2, 0) is 11.8 Å². The lowest BCUT2D eigenvalue weighted by atomic mass is 10.6. The molecule has 0 radical (unpaired) electrons. The van der Waals surface area contributed by atoms with Gasteiger partial charge >= 0.3 is 0 Å². The van der Waals surface area contributed by atoms with Gasteiger partial charge in [0.05, 0.1) is 18.6 Å². The molecule has 0 saturated heterocycles. The number of aliphatic hydroxyl groups excluding tert-OH is 1. The normalized spacial score (nSPS) is 10.1. The molecule has 1 rings (SSSR count). The standard InChI is InChI=1S/C8H13N3O2S/c1-11-5-7(4-10-11)14-6-8(13)9-2-3-12/h4-5,12H,2-3,6H2,1H3,(H,9,13). The number of carbonyl (C=O) groups excluding carboxylic acids is 1. The van der Waals surface area contributed by atoms with Crippen LogP contribution in [0.25, 0.3) is 0 Å². The summed E-state index contributed by atoms with van der Waals surface area (Å²) in [4.78, 5) is 12.1. The smallest absolute Gasteiger partial charge is 0.230 e. The number of aromatic nitrogens is 2. The van der Waals surface area contributed by atoms with Crippen LogP contribution < -0.4 is 5.32 Å². The molecule has 0 fully saturated rings. The Bertz CT molecular complexity index is 301. The fourth-order valence-corrected chi connectivity index (χ4v) is 1.62. The predicted octanol–water partition coefficient (Wildman–Crippen LogP) is -0.379. The number of carbonyl (C=O) groups is 1. The van der Waals surface area contributed by atoms with E-state index in [2.05, 4.69) is 10.4 Å². The largest absolute Gasteiger partial charge is 0.395 e. The highest BCUT2D eigenvalue weighted by Crippen LogP contribution is 2.15. The predicted molar refractivity (Wildman–Crippen MR) is 54.0 cm³/mol. The van der Waals surface area contributed by atoms with Crippen LogP contribution in [0.1, 0.15) is 0 Å². The lowest BCUT2D eigenvalue weighted by Crippen LogP contribution is -2.27. The molecule has 0 aromatic carbocycles. The van der Waals surface area contributed by atoms with E-state index in [4.69, 9.17) is 5.11 Å². The van der Waals surface area contributed by atoms with E-state index in [1.807, 2.05) is 13.2 Å². The van der Waals surface area contributed by atoms with Crippen LogP contribution in [0.3, 0.4) is 0 Å². The van der Waals surface area contributed by atoms with E-state index >= 15 is 0 Å². The summed E-state index contributed by atoms with van der Waals surface area (Å²) in [6, 6.07) is 0. The maximum atomic E-state index is 11.1. The Morgan fingerprint density at radius 2 is 2.57 bits per heavy atom. The number of aryl methyl sites for hydroxylation is 1. The fraction of sp³-hybridized carbons (Fsp3) is 0.500. The van der Waals surface area contributed by atoms with Crippen molar-refractivity contribution >= 4 is 17.7 Å². The molecule has 0 saturated carbocycles. The van der Waals surface area contributed by atoms with Gasteiger partial charge in [0.2, 0.25) is 5.91 Å². The first-order chi connectivity index (χ1) is 6.72. The molecule has 0 spiro atoms. The monoisotopic (exact) mass is 215 g/mol. The van der Waals surface area contributed by atoms with E-state index in [1.54, 1.807) is 10.9 Å². The lowest BCUT2D eigenvalue weighted by molar-refractivity contribution is -0.118. The first-order valence-corrected chi connectivity index (χ1v) is 5.20. The van der Waals surface area contributed by atoms with Crippen LogP contribution in [0.5, 0.6) is 0 Å². The molecule has 1 aromatic heterocycles. The summed E-state index contributed by atoms with van der Waals surface area (Å²) in [6.45, 7) is 0.287. The van der Waals surface area contributed by atoms with Crippen molar-refractivity contribution in [1.82, 2.24) is 15.1 Å². The van der Waals surface area contributed by atoms with Crippen LogP contribution in [0.4, 0.5) is 0 Å². The first kappa shape index (κ1) is 11.1. The second kappa shape index (κ2) is 5.66. The minimum absolute atomic E-state index is 0.0245. The average Bonchev–Trinajstić information content (AvgIpc) is 2.58. The van der Waals surface area contributed by atoms with Gasteiger partial charge in [0.1, 0.15) is 0 Å². The van der Waals surface area contributed by atoms with E-state index in [0.717, 1.165) is 4.90 Å². The van der Waals surface area contributed by atoms with Gasteiger partial charge in [-0.1, -0.05) is 0 Å². The Kier molecular flexibility index (Phi) is 4.48. The third-order valence-corrected chi connectivity index (χ3v) is 2.44. The third kappa shape index (κ3) is 3.80. The summed E-state index contributed by atoms with van der Waals surface area (Å²) in [7, 11) is 1.83. The lowest BCUT2D eigenvalue weighted by Gasteiger charge is -2.00. The number of rotatable bonds is 5. The van der Waals surface area contributed by atoms with Gasteiger partial charge in [-0.15, -0.1) is 11.8 Å².